The Morgan fingerprint density at radius 3 is 3.17 bits per heavy atom. The van der Waals surface area contributed by atoms with Gasteiger partial charge in [-0.15, -0.1) is 0 Å². The summed E-state index contributed by atoms with van der Waals surface area (Å²) >= 11 is 0. The quantitative estimate of drug-likeness (QED) is 0.494. The van der Waals surface area contributed by atoms with Crippen molar-refractivity contribution in [3.05, 3.63) is 23.8 Å². The lowest BCUT2D eigenvalue weighted by Gasteiger charge is -2.23. The molecule has 0 bridgehead atoms. The standard InChI is InChI=1S/C7H9N3O2/c11-7(12)6-4-8-3-5-1-2-9-10(5)6/h3-4,8-9H,1-2H2,(H,11,12). The Labute approximate surface area is 69.3 Å². The second-order valence-electron chi connectivity index (χ2n) is 2.63. The highest BCUT2D eigenvalue weighted by Crippen LogP contribution is 2.20. The van der Waals surface area contributed by atoms with E-state index < -0.39 is 5.97 Å². The molecule has 0 amide bonds. The molecule has 5 nitrogen and oxygen atoms in total. The smallest absolute Gasteiger partial charge is 0.355 e. The summed E-state index contributed by atoms with van der Waals surface area (Å²) in [5.74, 6) is -0.928. The number of hydrogen-bond donors (Lipinski definition) is 3. The van der Waals surface area contributed by atoms with E-state index in [-0.39, 0.29) is 5.70 Å². The largest absolute Gasteiger partial charge is 0.476 e. The molecule has 0 aliphatic carbocycles. The number of rotatable bonds is 1. The maximum absolute atomic E-state index is 10.7. The number of hydrogen-bond acceptors (Lipinski definition) is 4. The maximum Gasteiger partial charge on any atom is 0.355 e. The van der Waals surface area contributed by atoms with E-state index in [4.69, 9.17) is 5.11 Å². The van der Waals surface area contributed by atoms with E-state index >= 15 is 0 Å². The lowest BCUT2D eigenvalue weighted by atomic mass is 10.3. The molecule has 0 radical (unpaired) electrons. The van der Waals surface area contributed by atoms with Crippen molar-refractivity contribution < 1.29 is 9.90 Å². The van der Waals surface area contributed by atoms with E-state index in [0.29, 0.717) is 0 Å². The molecule has 0 aromatic carbocycles. The molecule has 2 aliphatic heterocycles. The molecular formula is C7H9N3O2. The zero-order chi connectivity index (χ0) is 8.55. The summed E-state index contributed by atoms with van der Waals surface area (Å²) in [5, 5.41) is 13.2. The first-order chi connectivity index (χ1) is 5.79. The highest BCUT2D eigenvalue weighted by molar-refractivity contribution is 5.86. The molecular weight excluding hydrogens is 158 g/mol. The number of hydrazine groups is 1. The zero-order valence-electron chi connectivity index (χ0n) is 6.37. The van der Waals surface area contributed by atoms with Gasteiger partial charge in [-0.05, 0) is 0 Å². The summed E-state index contributed by atoms with van der Waals surface area (Å²) in [6, 6.07) is 0. The van der Waals surface area contributed by atoms with Gasteiger partial charge in [0.25, 0.3) is 0 Å². The molecule has 5 heteroatoms. The minimum atomic E-state index is -0.928. The molecule has 2 heterocycles. The van der Waals surface area contributed by atoms with E-state index in [1.165, 1.54) is 6.20 Å². The number of carboxylic acids is 1. The molecule has 1 fully saturated rings. The molecule has 0 unspecified atom stereocenters. The first-order valence-corrected chi connectivity index (χ1v) is 3.71. The molecule has 0 aromatic heterocycles. The second kappa shape index (κ2) is 2.53. The van der Waals surface area contributed by atoms with Crippen molar-refractivity contribution in [2.75, 3.05) is 6.54 Å². The number of carboxylic acid groups (broad SMARTS) is 1. The Morgan fingerprint density at radius 1 is 1.58 bits per heavy atom. The highest BCUT2D eigenvalue weighted by atomic mass is 16.4. The number of aliphatic carboxylic acids is 1. The fourth-order valence-corrected chi connectivity index (χ4v) is 1.32. The molecule has 64 valence electrons. The van der Waals surface area contributed by atoms with Crippen molar-refractivity contribution in [1.82, 2.24) is 15.8 Å². The van der Waals surface area contributed by atoms with Crippen LogP contribution in [0, 0.1) is 0 Å². The number of carbonyl (C=O) groups is 1. The number of nitrogens with zero attached hydrogens (tertiary/aromatic N) is 1. The zero-order valence-corrected chi connectivity index (χ0v) is 6.37. The van der Waals surface area contributed by atoms with E-state index in [9.17, 15) is 4.79 Å². The van der Waals surface area contributed by atoms with Gasteiger partial charge < -0.3 is 10.4 Å². The van der Waals surface area contributed by atoms with Gasteiger partial charge in [-0.25, -0.2) is 10.2 Å². The van der Waals surface area contributed by atoms with Gasteiger partial charge in [-0.1, -0.05) is 0 Å². The Hall–Kier alpha value is -1.49. The van der Waals surface area contributed by atoms with Crippen LogP contribution in [0.15, 0.2) is 23.8 Å². The van der Waals surface area contributed by atoms with Crippen LogP contribution in [-0.4, -0.2) is 22.6 Å². The Morgan fingerprint density at radius 2 is 2.42 bits per heavy atom. The fraction of sp³-hybridized carbons (Fsp3) is 0.286. The summed E-state index contributed by atoms with van der Waals surface area (Å²) in [7, 11) is 0. The Kier molecular flexibility index (Phi) is 1.51. The summed E-state index contributed by atoms with van der Waals surface area (Å²) < 4.78 is 0. The van der Waals surface area contributed by atoms with Crippen molar-refractivity contribution >= 4 is 5.97 Å². The SMILES string of the molecule is O=C(O)C1=CNC=C2CCNN21. The normalized spacial score (nSPS) is 20.8. The minimum Gasteiger partial charge on any atom is -0.476 e. The lowest BCUT2D eigenvalue weighted by Crippen LogP contribution is -2.35. The summed E-state index contributed by atoms with van der Waals surface area (Å²) in [5.41, 5.74) is 4.17. The molecule has 0 atom stereocenters. The van der Waals surface area contributed by atoms with Gasteiger partial charge in [0.1, 0.15) is 0 Å². The van der Waals surface area contributed by atoms with Gasteiger partial charge in [0.2, 0.25) is 0 Å². The number of fused-ring (bicyclic) bond motifs is 1. The van der Waals surface area contributed by atoms with Gasteiger partial charge >= 0.3 is 5.97 Å². The fourth-order valence-electron chi connectivity index (χ4n) is 1.32. The molecule has 0 spiro atoms. The van der Waals surface area contributed by atoms with Crippen molar-refractivity contribution in [3.63, 3.8) is 0 Å². The second-order valence-corrected chi connectivity index (χ2v) is 2.63. The van der Waals surface area contributed by atoms with Crippen molar-refractivity contribution in [2.24, 2.45) is 0 Å². The van der Waals surface area contributed by atoms with Crippen LogP contribution in [0.1, 0.15) is 6.42 Å². The molecule has 0 aromatic rings. The van der Waals surface area contributed by atoms with Gasteiger partial charge in [0.15, 0.2) is 5.70 Å². The van der Waals surface area contributed by atoms with Crippen molar-refractivity contribution in [1.29, 1.82) is 0 Å². The van der Waals surface area contributed by atoms with E-state index in [1.54, 1.807) is 11.2 Å². The van der Waals surface area contributed by atoms with E-state index in [2.05, 4.69) is 10.7 Å². The van der Waals surface area contributed by atoms with Crippen molar-refractivity contribution in [3.8, 4) is 0 Å². The van der Waals surface area contributed by atoms with Crippen LogP contribution in [0.3, 0.4) is 0 Å². The van der Waals surface area contributed by atoms with Gasteiger partial charge in [-0.2, -0.15) is 0 Å². The van der Waals surface area contributed by atoms with E-state index in [0.717, 1.165) is 18.7 Å². The topological polar surface area (TPSA) is 64.6 Å². The van der Waals surface area contributed by atoms with Crippen LogP contribution in [0.2, 0.25) is 0 Å². The first-order valence-electron chi connectivity index (χ1n) is 3.71. The number of nitrogens with one attached hydrogen (secondary N) is 2. The summed E-state index contributed by atoms with van der Waals surface area (Å²) in [4.78, 5) is 10.7. The lowest BCUT2D eigenvalue weighted by molar-refractivity contribution is -0.134. The Balaban J connectivity index is 2.26. The summed E-state index contributed by atoms with van der Waals surface area (Å²) in [6.45, 7) is 0.790. The molecule has 3 N–H and O–H groups in total. The minimum absolute atomic E-state index is 0.241. The van der Waals surface area contributed by atoms with Crippen LogP contribution in [-0.2, 0) is 4.79 Å². The van der Waals surface area contributed by atoms with Crippen LogP contribution < -0.4 is 10.7 Å². The third-order valence-electron chi connectivity index (χ3n) is 1.87. The predicted octanol–water partition coefficient (Wildman–Crippen LogP) is -0.433. The maximum atomic E-state index is 10.7. The van der Waals surface area contributed by atoms with Gasteiger partial charge in [-0.3, -0.25) is 5.01 Å². The van der Waals surface area contributed by atoms with Crippen molar-refractivity contribution in [2.45, 2.75) is 6.42 Å². The third kappa shape index (κ3) is 0.947. The van der Waals surface area contributed by atoms with Crippen LogP contribution >= 0.6 is 0 Å². The molecule has 1 saturated heterocycles. The highest BCUT2D eigenvalue weighted by Gasteiger charge is 2.26. The molecule has 2 aliphatic rings. The average Bonchev–Trinajstić information content (AvgIpc) is 2.49. The monoisotopic (exact) mass is 167 g/mol. The molecule has 0 saturated carbocycles. The van der Waals surface area contributed by atoms with E-state index in [1.807, 2.05) is 0 Å². The Bertz CT molecular complexity index is 282. The van der Waals surface area contributed by atoms with Crippen LogP contribution in [0.5, 0.6) is 0 Å². The van der Waals surface area contributed by atoms with Gasteiger partial charge in [0.05, 0.1) is 5.70 Å². The van der Waals surface area contributed by atoms with Crippen LogP contribution in [0.25, 0.3) is 0 Å². The molecule has 12 heavy (non-hydrogen) atoms. The summed E-state index contributed by atoms with van der Waals surface area (Å²) in [6.07, 6.45) is 4.12. The van der Waals surface area contributed by atoms with Crippen LogP contribution in [0.4, 0.5) is 0 Å². The predicted molar refractivity (Wildman–Crippen MR) is 41.4 cm³/mol. The molecule has 2 rings (SSSR count). The average molecular weight is 167 g/mol. The first kappa shape index (κ1) is 7.17. The van der Waals surface area contributed by atoms with Gasteiger partial charge in [0, 0.05) is 25.4 Å². The third-order valence-corrected chi connectivity index (χ3v) is 1.87.